The van der Waals surface area contributed by atoms with E-state index in [4.69, 9.17) is 10.5 Å². The molecule has 3 heterocycles. The Bertz CT molecular complexity index is 1540. The zero-order chi connectivity index (χ0) is 34.0. The highest BCUT2D eigenvalue weighted by Crippen LogP contribution is 2.78. The standard InChI is InChI=1S/C40H63N5O3/c1-23(9-10-26-31(46)32(47)35(48-26)45-22-44-30-33(41)42-21-43-34(30)45)24-13-18-37(4)25(24)14-19-39(6)28(37)11-12-29-38(5)17-8-16-36(2,3)27(38)15-20-40(29,39)7/h21-29,31-32,35,46-47H,8-20H2,1-7H3,(H2,41,42,43)/t23-,24+,25+,26+,27-,28+,29+,31+,32+,35+,37-,38-,39+,40+/m0/s1. The van der Waals surface area contributed by atoms with Crippen LogP contribution in [0, 0.1) is 62.6 Å². The number of nitrogens with two attached hydrogens (primary N) is 1. The zero-order valence-electron chi connectivity index (χ0n) is 30.8. The third-order valence-electron chi connectivity index (χ3n) is 17.4. The smallest absolute Gasteiger partial charge is 0.167 e. The number of nitrogens with zero attached hydrogens (tertiary/aromatic N) is 4. The van der Waals surface area contributed by atoms with Crippen LogP contribution in [-0.2, 0) is 4.74 Å². The maximum absolute atomic E-state index is 11.1. The van der Waals surface area contributed by atoms with Gasteiger partial charge < -0.3 is 20.7 Å². The van der Waals surface area contributed by atoms with Crippen LogP contribution in [-0.4, -0.2) is 48.0 Å². The van der Waals surface area contributed by atoms with Crippen LogP contribution >= 0.6 is 0 Å². The van der Waals surface area contributed by atoms with Crippen LogP contribution in [0.5, 0.6) is 0 Å². The van der Waals surface area contributed by atoms with E-state index in [1.807, 2.05) is 0 Å². The highest BCUT2D eigenvalue weighted by Gasteiger charge is 2.70. The van der Waals surface area contributed by atoms with E-state index in [1.165, 1.54) is 77.0 Å². The van der Waals surface area contributed by atoms with Gasteiger partial charge in [0.05, 0.1) is 12.4 Å². The quantitative estimate of drug-likeness (QED) is 0.298. The molecule has 5 aliphatic carbocycles. The molecule has 0 spiro atoms. The third kappa shape index (κ3) is 4.45. The molecule has 6 fully saturated rings. The van der Waals surface area contributed by atoms with Gasteiger partial charge in [-0.3, -0.25) is 4.57 Å². The number of fused-ring (bicyclic) bond motifs is 8. The van der Waals surface area contributed by atoms with Gasteiger partial charge in [-0.25, -0.2) is 15.0 Å². The summed E-state index contributed by atoms with van der Waals surface area (Å²) in [5.74, 6) is 4.91. The number of aliphatic hydroxyl groups excluding tert-OH is 2. The van der Waals surface area contributed by atoms with Gasteiger partial charge in [0.15, 0.2) is 17.7 Å². The van der Waals surface area contributed by atoms with E-state index in [-0.39, 0.29) is 0 Å². The molecular formula is C40H63N5O3. The van der Waals surface area contributed by atoms with Crippen LogP contribution < -0.4 is 5.73 Å². The van der Waals surface area contributed by atoms with Crippen molar-refractivity contribution in [1.82, 2.24) is 19.5 Å². The molecule has 0 aromatic carbocycles. The predicted molar refractivity (Wildman–Crippen MR) is 189 cm³/mol. The monoisotopic (exact) mass is 661 g/mol. The molecule has 6 aliphatic rings. The Morgan fingerprint density at radius 2 is 1.54 bits per heavy atom. The van der Waals surface area contributed by atoms with E-state index < -0.39 is 24.5 Å². The maximum Gasteiger partial charge on any atom is 0.167 e. The highest BCUT2D eigenvalue weighted by atomic mass is 16.6. The lowest BCUT2D eigenvalue weighted by atomic mass is 9.32. The van der Waals surface area contributed by atoms with Gasteiger partial charge in [-0.2, -0.15) is 0 Å². The van der Waals surface area contributed by atoms with Gasteiger partial charge in [0.2, 0.25) is 0 Å². The summed E-state index contributed by atoms with van der Waals surface area (Å²) in [4.78, 5) is 12.7. The Labute approximate surface area is 288 Å². The average Bonchev–Trinajstić information content (AvgIpc) is 3.70. The van der Waals surface area contributed by atoms with Crippen LogP contribution in [0.25, 0.3) is 11.2 Å². The molecule has 0 radical (unpaired) electrons. The summed E-state index contributed by atoms with van der Waals surface area (Å²) in [6.45, 7) is 18.6. The zero-order valence-corrected chi connectivity index (χ0v) is 30.8. The molecule has 8 rings (SSSR count). The predicted octanol–water partition coefficient (Wildman–Crippen LogP) is 7.94. The Balaban J connectivity index is 0.958. The van der Waals surface area contributed by atoms with E-state index in [9.17, 15) is 10.2 Å². The number of ether oxygens (including phenoxy) is 1. The fraction of sp³-hybridized carbons (Fsp3) is 0.875. The molecule has 0 unspecified atom stereocenters. The summed E-state index contributed by atoms with van der Waals surface area (Å²) in [5.41, 5.74) is 9.25. The molecule has 2 aromatic rings. The van der Waals surface area contributed by atoms with Gasteiger partial charge >= 0.3 is 0 Å². The lowest BCUT2D eigenvalue weighted by molar-refractivity contribution is -0.241. The Morgan fingerprint density at radius 1 is 0.833 bits per heavy atom. The van der Waals surface area contributed by atoms with E-state index in [0.29, 0.717) is 55.9 Å². The molecule has 5 saturated carbocycles. The van der Waals surface area contributed by atoms with Gasteiger partial charge in [-0.1, -0.05) is 54.9 Å². The molecule has 14 atom stereocenters. The molecule has 1 aliphatic heterocycles. The first-order chi connectivity index (χ1) is 22.7. The van der Waals surface area contributed by atoms with Gasteiger partial charge in [-0.05, 0) is 140 Å². The van der Waals surface area contributed by atoms with E-state index >= 15 is 0 Å². The van der Waals surface area contributed by atoms with Crippen LogP contribution in [0.4, 0.5) is 5.82 Å². The number of aliphatic hydroxyl groups is 2. The van der Waals surface area contributed by atoms with Crippen molar-refractivity contribution < 1.29 is 14.9 Å². The van der Waals surface area contributed by atoms with Gasteiger partial charge in [0.1, 0.15) is 24.1 Å². The lowest BCUT2D eigenvalue weighted by Gasteiger charge is -2.73. The second-order valence-corrected chi connectivity index (χ2v) is 19.5. The Morgan fingerprint density at radius 3 is 2.29 bits per heavy atom. The summed E-state index contributed by atoms with van der Waals surface area (Å²) < 4.78 is 8.03. The molecule has 0 bridgehead atoms. The second kappa shape index (κ2) is 11.1. The number of nitrogen functional groups attached to an aromatic ring is 1. The Kier molecular flexibility index (Phi) is 7.73. The molecule has 48 heavy (non-hydrogen) atoms. The minimum Gasteiger partial charge on any atom is -0.388 e. The van der Waals surface area contributed by atoms with Crippen LogP contribution in [0.1, 0.15) is 138 Å². The van der Waals surface area contributed by atoms with Crippen LogP contribution in [0.3, 0.4) is 0 Å². The van der Waals surface area contributed by atoms with Crippen molar-refractivity contribution >= 4 is 17.0 Å². The first-order valence-corrected chi connectivity index (χ1v) is 19.6. The summed E-state index contributed by atoms with van der Waals surface area (Å²) in [6.07, 6.45) is 17.0. The Hall–Kier alpha value is -1.77. The number of hydrogen-bond acceptors (Lipinski definition) is 7. The molecule has 266 valence electrons. The lowest BCUT2D eigenvalue weighted by Crippen LogP contribution is -2.65. The average molecular weight is 662 g/mol. The fourth-order valence-electron chi connectivity index (χ4n) is 14.9. The van der Waals surface area contributed by atoms with Gasteiger partial charge in [0, 0.05) is 0 Å². The first kappa shape index (κ1) is 33.4. The minimum absolute atomic E-state index is 0.292. The number of rotatable bonds is 5. The largest absolute Gasteiger partial charge is 0.388 e. The molecular weight excluding hydrogens is 598 g/mol. The number of hydrogen-bond donors (Lipinski definition) is 3. The van der Waals surface area contributed by atoms with Crippen molar-refractivity contribution in [1.29, 1.82) is 0 Å². The van der Waals surface area contributed by atoms with E-state index in [0.717, 1.165) is 36.5 Å². The van der Waals surface area contributed by atoms with Crippen molar-refractivity contribution in [2.45, 2.75) is 156 Å². The molecule has 1 saturated heterocycles. The molecule has 8 heteroatoms. The van der Waals surface area contributed by atoms with Crippen molar-refractivity contribution in [3.8, 4) is 0 Å². The van der Waals surface area contributed by atoms with Crippen LogP contribution in [0.15, 0.2) is 12.7 Å². The topological polar surface area (TPSA) is 119 Å². The van der Waals surface area contributed by atoms with Gasteiger partial charge in [-0.15, -0.1) is 0 Å². The molecule has 2 aromatic heterocycles. The number of aromatic nitrogens is 4. The van der Waals surface area contributed by atoms with Crippen molar-refractivity contribution in [3.05, 3.63) is 12.7 Å². The van der Waals surface area contributed by atoms with Crippen LogP contribution in [0.2, 0.25) is 0 Å². The third-order valence-corrected chi connectivity index (χ3v) is 17.4. The SMILES string of the molecule is C[C@@H](CC[C@H]1O[C@@H](n2cnc3c(N)ncnc32)[C@H](O)[C@@H]1O)[C@H]1CC[C@@]2(C)[C@@H]1CC[C@]1(C)[C@@H]2CC[C@@H]2[C@@]3(C)CCCC(C)(C)[C@@H]3CC[C@]21C. The first-order valence-electron chi connectivity index (χ1n) is 19.6. The van der Waals surface area contributed by atoms with E-state index in [2.05, 4.69) is 63.4 Å². The number of anilines is 1. The second-order valence-electron chi connectivity index (χ2n) is 19.5. The fourth-order valence-corrected chi connectivity index (χ4v) is 14.9. The van der Waals surface area contributed by atoms with E-state index in [1.54, 1.807) is 10.9 Å². The summed E-state index contributed by atoms with van der Waals surface area (Å²) in [5, 5.41) is 22.1. The number of imidazole rings is 1. The normalized spacial score (nSPS) is 48.8. The highest BCUT2D eigenvalue weighted by molar-refractivity contribution is 5.81. The summed E-state index contributed by atoms with van der Waals surface area (Å²) in [7, 11) is 0. The summed E-state index contributed by atoms with van der Waals surface area (Å²) >= 11 is 0. The van der Waals surface area contributed by atoms with Crippen molar-refractivity contribution in [2.75, 3.05) is 5.73 Å². The molecule has 4 N–H and O–H groups in total. The van der Waals surface area contributed by atoms with Crippen molar-refractivity contribution in [3.63, 3.8) is 0 Å². The molecule has 0 amide bonds. The maximum atomic E-state index is 11.1. The van der Waals surface area contributed by atoms with Gasteiger partial charge in [0.25, 0.3) is 0 Å². The van der Waals surface area contributed by atoms with Crippen molar-refractivity contribution in [2.24, 2.45) is 62.6 Å². The minimum atomic E-state index is -1.06. The molecule has 8 nitrogen and oxygen atoms in total. The summed E-state index contributed by atoms with van der Waals surface area (Å²) in [6, 6.07) is 0.